The van der Waals surface area contributed by atoms with Crippen molar-refractivity contribution in [3.05, 3.63) is 59.4 Å². The zero-order valence-electron chi connectivity index (χ0n) is 23.2. The second-order valence-electron chi connectivity index (χ2n) is 11.7. The quantitative estimate of drug-likeness (QED) is 0.305. The Kier molecular flexibility index (Phi) is 8.27. The number of fused-ring (bicyclic) bond motifs is 1. The van der Waals surface area contributed by atoms with Gasteiger partial charge in [-0.25, -0.2) is 4.52 Å². The van der Waals surface area contributed by atoms with E-state index in [1.165, 1.54) is 0 Å². The SMILES string of the molecule is CC(C)(O)COc1ccc2c(C(=O)NC3CCC(Oc4cc(CC5CCNC5)ccc4C(N)=O)CC3)cnn2c1. The van der Waals surface area contributed by atoms with E-state index in [1.54, 1.807) is 49.0 Å². The van der Waals surface area contributed by atoms with Gasteiger partial charge >= 0.3 is 0 Å². The van der Waals surface area contributed by atoms with Crippen molar-refractivity contribution in [2.45, 2.75) is 70.1 Å². The number of ether oxygens (including phenoxy) is 2. The van der Waals surface area contributed by atoms with Crippen LogP contribution in [0.15, 0.2) is 42.7 Å². The molecule has 2 aromatic heterocycles. The Morgan fingerprint density at radius 1 is 1.15 bits per heavy atom. The standard InChI is InChI=1S/C30H39N5O5/c1-30(2,38)18-39-23-8-10-26-25(16-33-35(26)17-23)29(37)34-21-4-6-22(7-5-21)40-27-14-19(3-9-24(27)28(31)36)13-20-11-12-32-15-20/h3,8-10,14,16-17,20-22,32,38H,4-7,11-13,15,18H2,1-2H3,(H2,31,36)(H,34,37). The number of rotatable bonds is 10. The maximum atomic E-state index is 13.1. The van der Waals surface area contributed by atoms with Gasteiger partial charge in [0.2, 0.25) is 0 Å². The van der Waals surface area contributed by atoms with Gasteiger partial charge in [-0.05, 0) is 101 Å². The Morgan fingerprint density at radius 3 is 2.65 bits per heavy atom. The summed E-state index contributed by atoms with van der Waals surface area (Å²) in [5.74, 6) is 1.04. The fourth-order valence-corrected chi connectivity index (χ4v) is 5.47. The van der Waals surface area contributed by atoms with E-state index in [2.05, 4.69) is 15.7 Å². The van der Waals surface area contributed by atoms with Gasteiger partial charge in [0.15, 0.2) is 0 Å². The fourth-order valence-electron chi connectivity index (χ4n) is 5.47. The minimum atomic E-state index is -0.949. The van der Waals surface area contributed by atoms with Crippen molar-refractivity contribution in [1.82, 2.24) is 20.2 Å². The van der Waals surface area contributed by atoms with Gasteiger partial charge in [0.1, 0.15) is 18.1 Å². The predicted molar refractivity (Wildman–Crippen MR) is 151 cm³/mol. The van der Waals surface area contributed by atoms with Gasteiger partial charge in [0.25, 0.3) is 11.8 Å². The Bertz CT molecular complexity index is 1350. The van der Waals surface area contributed by atoms with Crippen LogP contribution in [0.1, 0.15) is 72.2 Å². The molecule has 1 saturated carbocycles. The van der Waals surface area contributed by atoms with Crippen molar-refractivity contribution >= 4 is 17.3 Å². The lowest BCUT2D eigenvalue weighted by Gasteiger charge is -2.30. The third-order valence-electron chi connectivity index (χ3n) is 7.63. The maximum absolute atomic E-state index is 13.1. The number of primary amides is 1. The van der Waals surface area contributed by atoms with E-state index in [4.69, 9.17) is 15.2 Å². The summed E-state index contributed by atoms with van der Waals surface area (Å²) in [7, 11) is 0. The van der Waals surface area contributed by atoms with Crippen LogP contribution in [0.5, 0.6) is 11.5 Å². The lowest BCUT2D eigenvalue weighted by Crippen LogP contribution is -2.39. The van der Waals surface area contributed by atoms with Crippen LogP contribution in [0.25, 0.3) is 5.52 Å². The summed E-state index contributed by atoms with van der Waals surface area (Å²) in [6.45, 7) is 5.55. The van der Waals surface area contributed by atoms with Crippen LogP contribution < -0.4 is 25.8 Å². The summed E-state index contributed by atoms with van der Waals surface area (Å²) in [5, 5.41) is 20.7. The molecule has 3 aromatic rings. The molecular formula is C30H39N5O5. The normalized spacial score (nSPS) is 21.3. The van der Waals surface area contributed by atoms with Crippen LogP contribution in [0.2, 0.25) is 0 Å². The number of nitrogens with zero attached hydrogens (tertiary/aromatic N) is 2. The van der Waals surface area contributed by atoms with Crippen molar-refractivity contribution < 1.29 is 24.2 Å². The van der Waals surface area contributed by atoms with Gasteiger partial charge in [-0.1, -0.05) is 6.07 Å². The molecule has 2 aliphatic rings. The first kappa shape index (κ1) is 27.9. The third kappa shape index (κ3) is 6.92. The molecule has 2 fully saturated rings. The van der Waals surface area contributed by atoms with Crippen molar-refractivity contribution in [1.29, 1.82) is 0 Å². The van der Waals surface area contributed by atoms with Gasteiger partial charge < -0.3 is 30.9 Å². The Balaban J connectivity index is 1.16. The molecule has 10 nitrogen and oxygen atoms in total. The molecule has 1 aliphatic carbocycles. The smallest absolute Gasteiger partial charge is 0.255 e. The number of amides is 2. The molecule has 40 heavy (non-hydrogen) atoms. The number of benzene rings is 1. The second-order valence-corrected chi connectivity index (χ2v) is 11.7. The molecule has 214 valence electrons. The Morgan fingerprint density at radius 2 is 1.95 bits per heavy atom. The first-order chi connectivity index (χ1) is 19.1. The largest absolute Gasteiger partial charge is 0.490 e. The van der Waals surface area contributed by atoms with Crippen LogP contribution >= 0.6 is 0 Å². The van der Waals surface area contributed by atoms with Gasteiger partial charge in [-0.3, -0.25) is 9.59 Å². The minimum absolute atomic E-state index is 0.0218. The minimum Gasteiger partial charge on any atom is -0.490 e. The Hall–Kier alpha value is -3.63. The summed E-state index contributed by atoms with van der Waals surface area (Å²) in [4.78, 5) is 25.1. The number of nitrogens with two attached hydrogens (primary N) is 1. The van der Waals surface area contributed by atoms with Gasteiger partial charge in [0.05, 0.1) is 40.7 Å². The molecule has 5 rings (SSSR count). The molecule has 0 bridgehead atoms. The third-order valence-corrected chi connectivity index (χ3v) is 7.63. The monoisotopic (exact) mass is 549 g/mol. The van der Waals surface area contributed by atoms with E-state index in [9.17, 15) is 14.7 Å². The summed E-state index contributed by atoms with van der Waals surface area (Å²) < 4.78 is 13.5. The second kappa shape index (κ2) is 11.9. The topological polar surface area (TPSA) is 140 Å². The van der Waals surface area contributed by atoms with Gasteiger partial charge in [0, 0.05) is 6.04 Å². The number of aromatic nitrogens is 2. The molecule has 1 atom stereocenters. The van der Waals surface area contributed by atoms with Crippen molar-refractivity contribution in [3.63, 3.8) is 0 Å². The highest BCUT2D eigenvalue weighted by Gasteiger charge is 2.26. The summed E-state index contributed by atoms with van der Waals surface area (Å²) in [5.41, 5.74) is 7.42. The summed E-state index contributed by atoms with van der Waals surface area (Å²) in [6, 6.07) is 9.30. The zero-order valence-corrected chi connectivity index (χ0v) is 23.2. The highest BCUT2D eigenvalue weighted by Crippen LogP contribution is 2.29. The van der Waals surface area contributed by atoms with Gasteiger partial charge in [-0.2, -0.15) is 5.10 Å². The molecule has 3 heterocycles. The van der Waals surface area contributed by atoms with E-state index in [-0.39, 0.29) is 24.7 Å². The summed E-state index contributed by atoms with van der Waals surface area (Å²) in [6.07, 6.45) is 8.35. The number of aliphatic hydroxyl groups is 1. The van der Waals surface area contributed by atoms with Crippen LogP contribution in [0, 0.1) is 5.92 Å². The highest BCUT2D eigenvalue weighted by atomic mass is 16.5. The van der Waals surface area contributed by atoms with Crippen molar-refractivity contribution in [2.75, 3.05) is 19.7 Å². The van der Waals surface area contributed by atoms with E-state index in [0.717, 1.165) is 57.2 Å². The fraction of sp³-hybridized carbons (Fsp3) is 0.500. The first-order valence-corrected chi connectivity index (χ1v) is 14.1. The first-order valence-electron chi connectivity index (χ1n) is 14.1. The number of hydrogen-bond donors (Lipinski definition) is 4. The van der Waals surface area contributed by atoms with Crippen molar-refractivity contribution in [3.8, 4) is 11.5 Å². The lowest BCUT2D eigenvalue weighted by molar-refractivity contribution is 0.0283. The molecule has 1 aromatic carbocycles. The number of pyridine rings is 1. The highest BCUT2D eigenvalue weighted by molar-refractivity contribution is 6.00. The van der Waals surface area contributed by atoms with Gasteiger partial charge in [-0.15, -0.1) is 0 Å². The predicted octanol–water partition coefficient (Wildman–Crippen LogP) is 2.85. The lowest BCUT2D eigenvalue weighted by atomic mass is 9.92. The van der Waals surface area contributed by atoms with E-state index >= 15 is 0 Å². The molecule has 1 unspecified atom stereocenters. The van der Waals surface area contributed by atoms with E-state index in [1.807, 2.05) is 12.1 Å². The molecule has 5 N–H and O–H groups in total. The number of carbonyl (C=O) groups is 2. The number of hydrogen-bond acceptors (Lipinski definition) is 7. The molecule has 10 heteroatoms. The van der Waals surface area contributed by atoms with Crippen molar-refractivity contribution in [2.24, 2.45) is 11.7 Å². The van der Waals surface area contributed by atoms with Crippen LogP contribution in [-0.2, 0) is 6.42 Å². The zero-order chi connectivity index (χ0) is 28.3. The number of carbonyl (C=O) groups excluding carboxylic acids is 2. The average Bonchev–Trinajstić information content (AvgIpc) is 3.58. The van der Waals surface area contributed by atoms with E-state index < -0.39 is 11.5 Å². The molecule has 1 saturated heterocycles. The molecular weight excluding hydrogens is 510 g/mol. The molecule has 1 aliphatic heterocycles. The average molecular weight is 550 g/mol. The number of nitrogens with one attached hydrogen (secondary N) is 2. The Labute approximate surface area is 234 Å². The van der Waals surface area contributed by atoms with E-state index in [0.29, 0.717) is 34.1 Å². The molecule has 2 amide bonds. The van der Waals surface area contributed by atoms with Crippen LogP contribution in [0.3, 0.4) is 0 Å². The van der Waals surface area contributed by atoms with Crippen LogP contribution in [-0.4, -0.2) is 64.0 Å². The maximum Gasteiger partial charge on any atom is 0.255 e. The van der Waals surface area contributed by atoms with Crippen LogP contribution in [0.4, 0.5) is 0 Å². The summed E-state index contributed by atoms with van der Waals surface area (Å²) >= 11 is 0. The molecule has 0 radical (unpaired) electrons. The molecule has 0 spiro atoms.